The number of nitrogens with zero attached hydrogens (tertiary/aromatic N) is 1. The molecule has 0 aliphatic carbocycles. The van der Waals surface area contributed by atoms with Gasteiger partial charge in [-0.15, -0.1) is 0 Å². The molecule has 0 fully saturated rings. The number of hydrogen-bond acceptors (Lipinski definition) is 4. The van der Waals surface area contributed by atoms with Crippen LogP contribution in [0.15, 0.2) is 48.5 Å². The Hall–Kier alpha value is -3.15. The van der Waals surface area contributed by atoms with Crippen molar-refractivity contribution in [3.63, 3.8) is 0 Å². The van der Waals surface area contributed by atoms with E-state index < -0.39 is 0 Å². The van der Waals surface area contributed by atoms with Gasteiger partial charge in [0.05, 0.1) is 6.61 Å². The molecule has 0 saturated carbocycles. The summed E-state index contributed by atoms with van der Waals surface area (Å²) in [6.45, 7) is 0.393. The summed E-state index contributed by atoms with van der Waals surface area (Å²) in [5.41, 5.74) is 7.19. The van der Waals surface area contributed by atoms with Crippen LogP contribution < -0.4 is 10.5 Å². The highest BCUT2D eigenvalue weighted by atomic mass is 16.5. The van der Waals surface area contributed by atoms with E-state index in [-0.39, 0.29) is 17.5 Å². The van der Waals surface area contributed by atoms with Crippen LogP contribution in [0.3, 0.4) is 0 Å². The molecule has 6 heteroatoms. The number of nitrogens with one attached hydrogen (secondary N) is 1. The maximum atomic E-state index is 12.2. The predicted octanol–water partition coefficient (Wildman–Crippen LogP) is 2.71. The zero-order valence-corrected chi connectivity index (χ0v) is 15.0. The van der Waals surface area contributed by atoms with E-state index in [0.717, 1.165) is 0 Å². The van der Waals surface area contributed by atoms with Gasteiger partial charge in [-0.3, -0.25) is 15.0 Å². The summed E-state index contributed by atoms with van der Waals surface area (Å²) in [6.07, 6.45) is 0.925. The fourth-order valence-corrected chi connectivity index (χ4v) is 2.38. The molecule has 1 amide bonds. The number of hydrogen-bond donors (Lipinski definition) is 2. The van der Waals surface area contributed by atoms with Crippen molar-refractivity contribution in [1.29, 1.82) is 5.41 Å². The molecule has 0 heterocycles. The smallest absolute Gasteiger partial charge is 0.253 e. The van der Waals surface area contributed by atoms with E-state index in [4.69, 9.17) is 15.9 Å². The van der Waals surface area contributed by atoms with E-state index >= 15 is 0 Å². The molecule has 0 radical (unpaired) electrons. The van der Waals surface area contributed by atoms with E-state index in [0.29, 0.717) is 41.9 Å². The molecule has 0 spiro atoms. The quantitative estimate of drug-likeness (QED) is 0.330. The average Bonchev–Trinajstić information content (AvgIpc) is 2.64. The molecular weight excluding hydrogens is 330 g/mol. The maximum absolute atomic E-state index is 12.2. The monoisotopic (exact) mass is 353 g/mol. The fourth-order valence-electron chi connectivity index (χ4n) is 2.38. The molecule has 0 saturated heterocycles. The normalized spacial score (nSPS) is 10.2. The van der Waals surface area contributed by atoms with Gasteiger partial charge in [-0.2, -0.15) is 0 Å². The van der Waals surface area contributed by atoms with E-state index in [1.807, 2.05) is 0 Å². The third kappa shape index (κ3) is 5.17. The zero-order chi connectivity index (χ0) is 19.1. The average molecular weight is 353 g/mol. The van der Waals surface area contributed by atoms with E-state index in [1.165, 1.54) is 4.90 Å². The number of carbonyl (C=O) groups is 2. The van der Waals surface area contributed by atoms with Crippen molar-refractivity contribution >= 4 is 17.5 Å². The number of amidine groups is 1. The second kappa shape index (κ2) is 8.80. The third-order valence-electron chi connectivity index (χ3n) is 3.82. The van der Waals surface area contributed by atoms with Gasteiger partial charge >= 0.3 is 0 Å². The minimum Gasteiger partial charge on any atom is -0.494 e. The first-order valence-electron chi connectivity index (χ1n) is 8.30. The summed E-state index contributed by atoms with van der Waals surface area (Å²) in [7, 11) is 3.38. The summed E-state index contributed by atoms with van der Waals surface area (Å²) in [4.78, 5) is 25.6. The van der Waals surface area contributed by atoms with Crippen LogP contribution in [0.5, 0.6) is 5.75 Å². The Balaban J connectivity index is 1.82. The van der Waals surface area contributed by atoms with Crippen LogP contribution in [-0.4, -0.2) is 43.1 Å². The summed E-state index contributed by atoms with van der Waals surface area (Å²) in [5, 5.41) is 7.42. The summed E-state index contributed by atoms with van der Waals surface area (Å²) >= 11 is 0. The van der Waals surface area contributed by atoms with Crippen LogP contribution in [-0.2, 0) is 0 Å². The first-order valence-corrected chi connectivity index (χ1v) is 8.30. The standard InChI is InChI=1S/C20H23N3O3/c1-23(2)20(25)15-10-8-14(9-11-15)18(24)7-4-12-26-17-6-3-5-16(13-17)19(21)22/h3,5-6,8-11,13H,4,7,12H2,1-2H3,(H3,21,22). The number of nitrogen functional groups attached to an aromatic ring is 1. The lowest BCUT2D eigenvalue weighted by Crippen LogP contribution is -2.21. The van der Waals surface area contributed by atoms with E-state index in [2.05, 4.69) is 0 Å². The van der Waals surface area contributed by atoms with Crippen molar-refractivity contribution in [2.45, 2.75) is 12.8 Å². The molecule has 6 nitrogen and oxygen atoms in total. The van der Waals surface area contributed by atoms with Gasteiger partial charge in [0.2, 0.25) is 0 Å². The molecule has 26 heavy (non-hydrogen) atoms. The number of amides is 1. The van der Waals surface area contributed by atoms with Crippen LogP contribution in [0.4, 0.5) is 0 Å². The zero-order valence-electron chi connectivity index (χ0n) is 15.0. The van der Waals surface area contributed by atoms with Gasteiger partial charge < -0.3 is 15.4 Å². The largest absolute Gasteiger partial charge is 0.494 e. The Kier molecular flexibility index (Phi) is 6.49. The van der Waals surface area contributed by atoms with E-state index in [1.54, 1.807) is 62.6 Å². The van der Waals surface area contributed by atoms with Crippen molar-refractivity contribution in [2.24, 2.45) is 5.73 Å². The number of carbonyl (C=O) groups excluding carboxylic acids is 2. The minimum atomic E-state index is -0.0924. The minimum absolute atomic E-state index is 0.00920. The second-order valence-electron chi connectivity index (χ2n) is 6.09. The van der Waals surface area contributed by atoms with Crippen LogP contribution in [0, 0.1) is 5.41 Å². The van der Waals surface area contributed by atoms with Crippen molar-refractivity contribution in [1.82, 2.24) is 4.90 Å². The Morgan fingerprint density at radius 3 is 2.31 bits per heavy atom. The molecule has 2 aromatic carbocycles. The lowest BCUT2D eigenvalue weighted by Gasteiger charge is -2.10. The maximum Gasteiger partial charge on any atom is 0.253 e. The summed E-state index contributed by atoms with van der Waals surface area (Å²) in [6, 6.07) is 13.7. The van der Waals surface area contributed by atoms with Crippen molar-refractivity contribution in [3.05, 3.63) is 65.2 Å². The SMILES string of the molecule is CN(C)C(=O)c1ccc(C(=O)CCCOc2cccc(C(=N)N)c2)cc1. The number of nitrogens with two attached hydrogens (primary N) is 1. The molecule has 0 atom stereocenters. The summed E-state index contributed by atoms with van der Waals surface area (Å²) < 4.78 is 5.61. The van der Waals surface area contributed by atoms with Crippen LogP contribution in [0.2, 0.25) is 0 Å². The molecule has 0 unspecified atom stereocenters. The van der Waals surface area contributed by atoms with Crippen molar-refractivity contribution in [3.8, 4) is 5.75 Å². The van der Waals surface area contributed by atoms with Crippen molar-refractivity contribution < 1.29 is 14.3 Å². The Morgan fingerprint density at radius 2 is 1.69 bits per heavy atom. The first kappa shape index (κ1) is 19.2. The van der Waals surface area contributed by atoms with Gasteiger partial charge in [0, 0.05) is 37.2 Å². The fraction of sp³-hybridized carbons (Fsp3) is 0.250. The Bertz CT molecular complexity index is 798. The molecule has 0 bridgehead atoms. The van der Waals surface area contributed by atoms with Gasteiger partial charge in [-0.25, -0.2) is 0 Å². The molecule has 0 aromatic heterocycles. The highest BCUT2D eigenvalue weighted by Crippen LogP contribution is 2.14. The van der Waals surface area contributed by atoms with Crippen molar-refractivity contribution in [2.75, 3.05) is 20.7 Å². The number of ketones is 1. The molecule has 2 aromatic rings. The number of benzene rings is 2. The summed E-state index contributed by atoms with van der Waals surface area (Å²) in [5.74, 6) is 0.527. The Morgan fingerprint density at radius 1 is 1.04 bits per heavy atom. The third-order valence-corrected chi connectivity index (χ3v) is 3.82. The Labute approximate surface area is 153 Å². The van der Waals surface area contributed by atoms with Gasteiger partial charge in [-0.1, -0.05) is 24.3 Å². The number of ether oxygens (including phenoxy) is 1. The van der Waals surface area contributed by atoms with Gasteiger partial charge in [0.1, 0.15) is 11.6 Å². The van der Waals surface area contributed by atoms with Gasteiger partial charge in [0.15, 0.2) is 5.78 Å². The van der Waals surface area contributed by atoms with Crippen LogP contribution in [0.1, 0.15) is 39.1 Å². The van der Waals surface area contributed by atoms with Gasteiger partial charge in [-0.05, 0) is 30.7 Å². The predicted molar refractivity (Wildman–Crippen MR) is 101 cm³/mol. The second-order valence-corrected chi connectivity index (χ2v) is 6.09. The first-order chi connectivity index (χ1) is 12.4. The molecule has 0 aliphatic rings. The molecule has 136 valence electrons. The highest BCUT2D eigenvalue weighted by molar-refractivity contribution is 5.98. The number of Topliss-reactive ketones (excluding diaryl/α,β-unsaturated/α-hetero) is 1. The molecular formula is C20H23N3O3. The van der Waals surface area contributed by atoms with Crippen LogP contribution in [0.25, 0.3) is 0 Å². The number of rotatable bonds is 8. The van der Waals surface area contributed by atoms with E-state index in [9.17, 15) is 9.59 Å². The van der Waals surface area contributed by atoms with Crippen LogP contribution >= 0.6 is 0 Å². The molecule has 2 rings (SSSR count). The lowest BCUT2D eigenvalue weighted by atomic mass is 10.0. The lowest BCUT2D eigenvalue weighted by molar-refractivity contribution is 0.0826. The molecule has 3 N–H and O–H groups in total. The highest BCUT2D eigenvalue weighted by Gasteiger charge is 2.10. The molecule has 0 aliphatic heterocycles. The van der Waals surface area contributed by atoms with Gasteiger partial charge in [0.25, 0.3) is 5.91 Å². The topological polar surface area (TPSA) is 96.5 Å².